The Morgan fingerprint density at radius 2 is 2.22 bits per heavy atom. The maximum Gasteiger partial charge on any atom is 0.248 e. The highest BCUT2D eigenvalue weighted by atomic mass is 35.5. The summed E-state index contributed by atoms with van der Waals surface area (Å²) >= 11 is 6.05. The third-order valence-electron chi connectivity index (χ3n) is 2.92. The first-order valence-corrected chi connectivity index (χ1v) is 6.25. The predicted octanol–water partition coefficient (Wildman–Crippen LogP) is 1.69. The second-order valence-corrected chi connectivity index (χ2v) is 5.03. The van der Waals surface area contributed by atoms with Crippen molar-refractivity contribution in [2.45, 2.75) is 32.4 Å². The molecule has 1 atom stereocenters. The van der Waals surface area contributed by atoms with Gasteiger partial charge in [0.05, 0.1) is 5.60 Å². The largest absolute Gasteiger partial charge is 0.389 e. The molecule has 0 saturated carbocycles. The Kier molecular flexibility index (Phi) is 5.14. The van der Waals surface area contributed by atoms with Crippen LogP contribution in [0.4, 0.5) is 0 Å². The standard InChI is InChI=1S/C13H19ClN2O2/c1-3-13(2,18)8-16-7-10-5-4-9(12(15)17)6-11(10)14/h4-6,16,18H,3,7-8H2,1-2H3,(H2,15,17). The summed E-state index contributed by atoms with van der Waals surface area (Å²) in [6, 6.07) is 4.96. The molecule has 0 aromatic heterocycles. The molecule has 18 heavy (non-hydrogen) atoms. The Morgan fingerprint density at radius 3 is 2.72 bits per heavy atom. The molecule has 1 aromatic rings. The van der Waals surface area contributed by atoms with E-state index in [1.165, 1.54) is 0 Å². The molecule has 1 unspecified atom stereocenters. The van der Waals surface area contributed by atoms with Gasteiger partial charge in [0, 0.05) is 23.7 Å². The zero-order chi connectivity index (χ0) is 13.8. The summed E-state index contributed by atoms with van der Waals surface area (Å²) in [5.41, 5.74) is 5.70. The van der Waals surface area contributed by atoms with E-state index in [0.29, 0.717) is 30.1 Å². The fourth-order valence-corrected chi connectivity index (χ4v) is 1.68. The highest BCUT2D eigenvalue weighted by molar-refractivity contribution is 6.31. The van der Waals surface area contributed by atoms with E-state index in [1.54, 1.807) is 25.1 Å². The minimum absolute atomic E-state index is 0.393. The van der Waals surface area contributed by atoms with Crippen molar-refractivity contribution in [1.82, 2.24) is 5.32 Å². The topological polar surface area (TPSA) is 75.3 Å². The zero-order valence-corrected chi connectivity index (χ0v) is 11.4. The van der Waals surface area contributed by atoms with E-state index in [9.17, 15) is 9.90 Å². The predicted molar refractivity (Wildman–Crippen MR) is 72.6 cm³/mol. The van der Waals surface area contributed by atoms with Crippen LogP contribution >= 0.6 is 11.6 Å². The minimum Gasteiger partial charge on any atom is -0.389 e. The molecule has 100 valence electrons. The number of nitrogens with two attached hydrogens (primary N) is 1. The molecule has 0 saturated heterocycles. The first kappa shape index (κ1) is 15.0. The second kappa shape index (κ2) is 6.18. The first-order valence-electron chi connectivity index (χ1n) is 5.87. The molecule has 0 aliphatic carbocycles. The third kappa shape index (κ3) is 4.29. The quantitative estimate of drug-likeness (QED) is 0.736. The number of amides is 1. The van der Waals surface area contributed by atoms with Crippen molar-refractivity contribution >= 4 is 17.5 Å². The van der Waals surface area contributed by atoms with Gasteiger partial charge in [-0.05, 0) is 31.0 Å². The Hall–Kier alpha value is -1.10. The summed E-state index contributed by atoms with van der Waals surface area (Å²) in [5.74, 6) is -0.495. The molecule has 0 spiro atoms. The SMILES string of the molecule is CCC(C)(O)CNCc1ccc(C(N)=O)cc1Cl. The van der Waals surface area contributed by atoms with Crippen LogP contribution in [0.25, 0.3) is 0 Å². The van der Waals surface area contributed by atoms with E-state index < -0.39 is 11.5 Å². The highest BCUT2D eigenvalue weighted by Crippen LogP contribution is 2.18. The lowest BCUT2D eigenvalue weighted by Crippen LogP contribution is -2.36. The lowest BCUT2D eigenvalue weighted by atomic mass is 10.0. The van der Waals surface area contributed by atoms with Gasteiger partial charge in [-0.3, -0.25) is 4.79 Å². The molecule has 0 aliphatic heterocycles. The monoisotopic (exact) mass is 270 g/mol. The number of benzene rings is 1. The van der Waals surface area contributed by atoms with Crippen molar-refractivity contribution in [3.05, 3.63) is 34.3 Å². The van der Waals surface area contributed by atoms with Crippen LogP contribution in [-0.2, 0) is 6.54 Å². The molecule has 1 rings (SSSR count). The second-order valence-electron chi connectivity index (χ2n) is 4.62. The smallest absolute Gasteiger partial charge is 0.248 e. The van der Waals surface area contributed by atoms with E-state index in [1.807, 2.05) is 6.92 Å². The molecule has 0 radical (unpaired) electrons. The number of aliphatic hydroxyl groups is 1. The van der Waals surface area contributed by atoms with Crippen LogP contribution in [0, 0.1) is 0 Å². The average Bonchev–Trinajstić information content (AvgIpc) is 2.31. The van der Waals surface area contributed by atoms with Gasteiger partial charge in [-0.1, -0.05) is 24.6 Å². The molecule has 4 nitrogen and oxygen atoms in total. The van der Waals surface area contributed by atoms with Crippen molar-refractivity contribution < 1.29 is 9.90 Å². The molecular formula is C13H19ClN2O2. The number of primary amides is 1. The van der Waals surface area contributed by atoms with Crippen LogP contribution in [0.1, 0.15) is 36.2 Å². The van der Waals surface area contributed by atoms with Crippen LogP contribution in [0.3, 0.4) is 0 Å². The molecule has 4 N–H and O–H groups in total. The number of carbonyl (C=O) groups is 1. The van der Waals surface area contributed by atoms with Crippen LogP contribution < -0.4 is 11.1 Å². The van der Waals surface area contributed by atoms with E-state index in [-0.39, 0.29) is 0 Å². The van der Waals surface area contributed by atoms with Gasteiger partial charge in [-0.2, -0.15) is 0 Å². The molecular weight excluding hydrogens is 252 g/mol. The Bertz CT molecular complexity index is 433. The maximum absolute atomic E-state index is 11.0. The average molecular weight is 271 g/mol. The fraction of sp³-hybridized carbons (Fsp3) is 0.462. The molecule has 5 heteroatoms. The molecule has 1 amide bonds. The lowest BCUT2D eigenvalue weighted by molar-refractivity contribution is 0.0555. The summed E-state index contributed by atoms with van der Waals surface area (Å²) in [5, 5.41) is 13.5. The molecule has 0 fully saturated rings. The Morgan fingerprint density at radius 1 is 1.56 bits per heavy atom. The number of halogens is 1. The zero-order valence-electron chi connectivity index (χ0n) is 10.7. The van der Waals surface area contributed by atoms with Crippen molar-refractivity contribution in [3.8, 4) is 0 Å². The lowest BCUT2D eigenvalue weighted by Gasteiger charge is -2.21. The Balaban J connectivity index is 2.61. The first-order chi connectivity index (χ1) is 8.35. The van der Waals surface area contributed by atoms with Gasteiger partial charge in [-0.25, -0.2) is 0 Å². The van der Waals surface area contributed by atoms with E-state index in [2.05, 4.69) is 5.32 Å². The Labute approximate surface area is 112 Å². The number of hydrogen-bond donors (Lipinski definition) is 3. The van der Waals surface area contributed by atoms with E-state index >= 15 is 0 Å². The number of nitrogens with one attached hydrogen (secondary N) is 1. The van der Waals surface area contributed by atoms with Crippen LogP contribution in [0.5, 0.6) is 0 Å². The molecule has 1 aromatic carbocycles. The van der Waals surface area contributed by atoms with E-state index in [0.717, 1.165) is 5.56 Å². The third-order valence-corrected chi connectivity index (χ3v) is 3.27. The molecule has 0 heterocycles. The van der Waals surface area contributed by atoms with Crippen molar-refractivity contribution in [2.75, 3.05) is 6.54 Å². The van der Waals surface area contributed by atoms with Crippen LogP contribution in [0.15, 0.2) is 18.2 Å². The summed E-state index contributed by atoms with van der Waals surface area (Å²) in [6.07, 6.45) is 0.675. The molecule has 0 bridgehead atoms. The van der Waals surface area contributed by atoms with Gasteiger partial charge in [-0.15, -0.1) is 0 Å². The van der Waals surface area contributed by atoms with Gasteiger partial charge >= 0.3 is 0 Å². The number of carbonyl (C=O) groups excluding carboxylic acids is 1. The summed E-state index contributed by atoms with van der Waals surface area (Å²) in [6.45, 7) is 4.72. The van der Waals surface area contributed by atoms with Gasteiger partial charge in [0.25, 0.3) is 0 Å². The van der Waals surface area contributed by atoms with Crippen LogP contribution in [0.2, 0.25) is 5.02 Å². The van der Waals surface area contributed by atoms with Gasteiger partial charge in [0.2, 0.25) is 5.91 Å². The van der Waals surface area contributed by atoms with Gasteiger partial charge in [0.1, 0.15) is 0 Å². The normalized spacial score (nSPS) is 14.2. The van der Waals surface area contributed by atoms with Crippen LogP contribution in [-0.4, -0.2) is 23.2 Å². The van der Waals surface area contributed by atoms with Crippen molar-refractivity contribution in [3.63, 3.8) is 0 Å². The molecule has 0 aliphatic rings. The van der Waals surface area contributed by atoms with Gasteiger partial charge < -0.3 is 16.2 Å². The van der Waals surface area contributed by atoms with Crippen molar-refractivity contribution in [2.24, 2.45) is 5.73 Å². The number of hydrogen-bond acceptors (Lipinski definition) is 3. The fourth-order valence-electron chi connectivity index (χ4n) is 1.44. The maximum atomic E-state index is 11.0. The van der Waals surface area contributed by atoms with Gasteiger partial charge in [0.15, 0.2) is 0 Å². The van der Waals surface area contributed by atoms with Crippen molar-refractivity contribution in [1.29, 1.82) is 0 Å². The van der Waals surface area contributed by atoms with E-state index in [4.69, 9.17) is 17.3 Å². The summed E-state index contributed by atoms with van der Waals surface area (Å²) in [7, 11) is 0. The number of rotatable bonds is 6. The highest BCUT2D eigenvalue weighted by Gasteiger charge is 2.16. The summed E-state index contributed by atoms with van der Waals surface area (Å²) in [4.78, 5) is 11.0. The minimum atomic E-state index is -0.723. The summed E-state index contributed by atoms with van der Waals surface area (Å²) < 4.78 is 0.